The summed E-state index contributed by atoms with van der Waals surface area (Å²) in [4.78, 5) is 28.9. The highest BCUT2D eigenvalue weighted by atomic mass is 16.2. The molecule has 1 heterocycles. The van der Waals surface area contributed by atoms with E-state index in [1.807, 2.05) is 74.1 Å². The summed E-state index contributed by atoms with van der Waals surface area (Å²) in [5.74, 6) is -0.0430. The third-order valence-corrected chi connectivity index (χ3v) is 4.85. The van der Waals surface area contributed by atoms with E-state index >= 15 is 0 Å². The van der Waals surface area contributed by atoms with Crippen molar-refractivity contribution in [2.75, 3.05) is 32.5 Å². The van der Waals surface area contributed by atoms with Crippen LogP contribution in [-0.4, -0.2) is 54.8 Å². The summed E-state index contributed by atoms with van der Waals surface area (Å²) in [6.07, 6.45) is -0.219. The predicted molar refractivity (Wildman–Crippen MR) is 111 cm³/mol. The smallest absolute Gasteiger partial charge is 0.256 e. The van der Waals surface area contributed by atoms with E-state index in [-0.39, 0.29) is 24.0 Å². The van der Waals surface area contributed by atoms with Crippen molar-refractivity contribution in [2.24, 2.45) is 0 Å². The van der Waals surface area contributed by atoms with Crippen LogP contribution in [0, 0.1) is 0 Å². The van der Waals surface area contributed by atoms with Gasteiger partial charge in [-0.1, -0.05) is 18.2 Å². The van der Waals surface area contributed by atoms with Crippen LogP contribution in [0.3, 0.4) is 0 Å². The fraction of sp³-hybridized carbons (Fsp3) is 0.364. The number of anilines is 1. The minimum absolute atomic E-state index is 0.0417. The van der Waals surface area contributed by atoms with Crippen LogP contribution in [0.2, 0.25) is 0 Å². The first-order valence-electron chi connectivity index (χ1n) is 9.59. The van der Waals surface area contributed by atoms with Gasteiger partial charge in [0, 0.05) is 41.5 Å². The first kappa shape index (κ1) is 19.9. The fourth-order valence-corrected chi connectivity index (χ4v) is 3.39. The minimum atomic E-state index is -0.219. The Morgan fingerprint density at radius 2 is 1.79 bits per heavy atom. The number of hydrogen-bond donors (Lipinski definition) is 2. The highest BCUT2D eigenvalue weighted by Crippen LogP contribution is 2.35. The highest BCUT2D eigenvalue weighted by Gasteiger charge is 2.37. The van der Waals surface area contributed by atoms with Gasteiger partial charge in [-0.25, -0.2) is 0 Å². The molecule has 2 amide bonds. The molecule has 0 fully saturated rings. The average molecular weight is 380 g/mol. The van der Waals surface area contributed by atoms with Crippen molar-refractivity contribution in [2.45, 2.75) is 26.1 Å². The van der Waals surface area contributed by atoms with E-state index in [0.29, 0.717) is 12.1 Å². The zero-order valence-electron chi connectivity index (χ0n) is 16.9. The number of amides is 2. The summed E-state index contributed by atoms with van der Waals surface area (Å²) in [6.45, 7) is 5.43. The van der Waals surface area contributed by atoms with Gasteiger partial charge in [0.1, 0.15) is 6.17 Å². The normalized spacial score (nSPS) is 15.9. The average Bonchev–Trinajstić information content (AvgIpc) is 2.94. The molecule has 0 saturated heterocycles. The first-order chi connectivity index (χ1) is 13.4. The molecule has 0 spiro atoms. The van der Waals surface area contributed by atoms with Crippen molar-refractivity contribution < 1.29 is 9.59 Å². The molecule has 2 N–H and O–H groups in total. The van der Waals surface area contributed by atoms with E-state index in [1.165, 1.54) is 0 Å². The topological polar surface area (TPSA) is 64.7 Å². The van der Waals surface area contributed by atoms with E-state index in [0.717, 1.165) is 23.4 Å². The van der Waals surface area contributed by atoms with Crippen molar-refractivity contribution in [1.82, 2.24) is 15.1 Å². The molecular formula is C22H28N4O2. The molecule has 148 valence electrons. The molecule has 28 heavy (non-hydrogen) atoms. The third kappa shape index (κ3) is 4.17. The molecule has 1 aliphatic rings. The Kier molecular flexibility index (Phi) is 5.99. The Labute approximate surface area is 166 Å². The third-order valence-electron chi connectivity index (χ3n) is 4.85. The van der Waals surface area contributed by atoms with Gasteiger partial charge in [0.2, 0.25) is 0 Å². The van der Waals surface area contributed by atoms with E-state index in [1.54, 1.807) is 12.1 Å². The van der Waals surface area contributed by atoms with Gasteiger partial charge < -0.3 is 20.4 Å². The predicted octanol–water partition coefficient (Wildman–Crippen LogP) is 2.95. The van der Waals surface area contributed by atoms with Crippen LogP contribution in [0.5, 0.6) is 0 Å². The van der Waals surface area contributed by atoms with Crippen molar-refractivity contribution in [1.29, 1.82) is 0 Å². The van der Waals surface area contributed by atoms with Crippen molar-refractivity contribution >= 4 is 17.5 Å². The molecule has 3 rings (SSSR count). The monoisotopic (exact) mass is 380 g/mol. The molecule has 0 bridgehead atoms. The molecule has 1 atom stereocenters. The van der Waals surface area contributed by atoms with Crippen molar-refractivity contribution in [3.8, 4) is 0 Å². The van der Waals surface area contributed by atoms with Gasteiger partial charge in [0.05, 0.1) is 0 Å². The van der Waals surface area contributed by atoms with Gasteiger partial charge in [-0.05, 0) is 58.3 Å². The standard InChI is InChI=1S/C22H28N4O2/c1-15(2)26-20(18-7-5-6-8-19(18)22(26)28)24-17-11-9-16(10-12-17)21(27)23-13-14-25(3)4/h5-12,15,20,24H,13-14H2,1-4H3,(H,23,27). The number of likely N-dealkylation sites (N-methyl/N-ethyl adjacent to an activating group) is 1. The zero-order valence-corrected chi connectivity index (χ0v) is 16.9. The van der Waals surface area contributed by atoms with Crippen LogP contribution in [0.1, 0.15) is 46.3 Å². The van der Waals surface area contributed by atoms with E-state index in [4.69, 9.17) is 0 Å². The van der Waals surface area contributed by atoms with Crippen molar-refractivity contribution in [3.05, 3.63) is 65.2 Å². The Hall–Kier alpha value is -2.86. The molecule has 1 aliphatic heterocycles. The van der Waals surface area contributed by atoms with E-state index in [2.05, 4.69) is 10.6 Å². The Balaban J connectivity index is 1.72. The molecule has 0 radical (unpaired) electrons. The van der Waals surface area contributed by atoms with Gasteiger partial charge in [-0.3, -0.25) is 9.59 Å². The number of carbonyl (C=O) groups excluding carboxylic acids is 2. The molecule has 6 nitrogen and oxygen atoms in total. The molecule has 2 aromatic carbocycles. The molecule has 1 unspecified atom stereocenters. The maximum atomic E-state index is 12.8. The van der Waals surface area contributed by atoms with Crippen LogP contribution in [0.4, 0.5) is 5.69 Å². The molecule has 2 aromatic rings. The lowest BCUT2D eigenvalue weighted by Gasteiger charge is -2.30. The number of nitrogens with zero attached hydrogens (tertiary/aromatic N) is 2. The second-order valence-corrected chi connectivity index (χ2v) is 7.58. The van der Waals surface area contributed by atoms with Gasteiger partial charge in [0.25, 0.3) is 11.8 Å². The number of nitrogens with one attached hydrogen (secondary N) is 2. The number of benzene rings is 2. The van der Waals surface area contributed by atoms with Crippen LogP contribution in [-0.2, 0) is 0 Å². The molecule has 6 heteroatoms. The molecule has 0 saturated carbocycles. The second kappa shape index (κ2) is 8.44. The summed E-state index contributed by atoms with van der Waals surface area (Å²) in [5, 5.41) is 6.36. The summed E-state index contributed by atoms with van der Waals surface area (Å²) < 4.78 is 0. The largest absolute Gasteiger partial charge is 0.361 e. The lowest BCUT2D eigenvalue weighted by molar-refractivity contribution is 0.0685. The minimum Gasteiger partial charge on any atom is -0.361 e. The Bertz CT molecular complexity index is 846. The van der Waals surface area contributed by atoms with Gasteiger partial charge >= 0.3 is 0 Å². The second-order valence-electron chi connectivity index (χ2n) is 7.58. The van der Waals surface area contributed by atoms with Crippen LogP contribution >= 0.6 is 0 Å². The fourth-order valence-electron chi connectivity index (χ4n) is 3.39. The number of hydrogen-bond acceptors (Lipinski definition) is 4. The summed E-state index contributed by atoms with van der Waals surface area (Å²) in [7, 11) is 3.94. The van der Waals surface area contributed by atoms with Crippen LogP contribution < -0.4 is 10.6 Å². The van der Waals surface area contributed by atoms with Crippen molar-refractivity contribution in [3.63, 3.8) is 0 Å². The maximum absolute atomic E-state index is 12.8. The van der Waals surface area contributed by atoms with E-state index in [9.17, 15) is 9.59 Å². The number of rotatable bonds is 7. The highest BCUT2D eigenvalue weighted by molar-refractivity contribution is 5.99. The Morgan fingerprint density at radius 3 is 2.43 bits per heavy atom. The van der Waals surface area contributed by atoms with Gasteiger partial charge in [-0.2, -0.15) is 0 Å². The molecular weight excluding hydrogens is 352 g/mol. The summed E-state index contributed by atoms with van der Waals surface area (Å²) in [5.41, 5.74) is 3.20. The van der Waals surface area contributed by atoms with Gasteiger partial charge in [-0.15, -0.1) is 0 Å². The summed E-state index contributed by atoms with van der Waals surface area (Å²) in [6, 6.07) is 15.1. The van der Waals surface area contributed by atoms with E-state index < -0.39 is 0 Å². The summed E-state index contributed by atoms with van der Waals surface area (Å²) >= 11 is 0. The SMILES string of the molecule is CC(C)N1C(=O)c2ccccc2C1Nc1ccc(C(=O)NCCN(C)C)cc1. The quantitative estimate of drug-likeness (QED) is 0.775. The lowest BCUT2D eigenvalue weighted by atomic mass is 10.1. The van der Waals surface area contributed by atoms with Crippen LogP contribution in [0.15, 0.2) is 48.5 Å². The number of fused-ring (bicyclic) bond motifs is 1. The number of carbonyl (C=O) groups is 2. The lowest BCUT2D eigenvalue weighted by Crippen LogP contribution is -2.37. The maximum Gasteiger partial charge on any atom is 0.256 e. The Morgan fingerprint density at radius 1 is 1.11 bits per heavy atom. The van der Waals surface area contributed by atoms with Gasteiger partial charge in [0.15, 0.2) is 0 Å². The zero-order chi connectivity index (χ0) is 20.3. The first-order valence-corrected chi connectivity index (χ1v) is 9.59. The molecule has 0 aliphatic carbocycles. The molecule has 0 aromatic heterocycles. The van der Waals surface area contributed by atoms with Crippen LogP contribution in [0.25, 0.3) is 0 Å².